The number of benzene rings is 2. The molecule has 0 amide bonds. The fraction of sp³-hybridized carbons (Fsp3) is 0. The SMILES string of the molecule is [Ir].[c-]1ncc2ccccc2c1-c1nsc2ccccc12. The molecule has 0 unspecified atom stereocenters. The van der Waals surface area contributed by atoms with E-state index in [9.17, 15) is 0 Å². The molecule has 2 nitrogen and oxygen atoms in total. The molecule has 2 aromatic heterocycles. The van der Waals surface area contributed by atoms with E-state index >= 15 is 0 Å². The molecule has 4 heteroatoms. The average Bonchev–Trinajstić information content (AvgIpc) is 2.90. The molecule has 4 aromatic rings. The van der Waals surface area contributed by atoms with Crippen LogP contribution in [0.3, 0.4) is 0 Å². The Morgan fingerprint density at radius 2 is 1.65 bits per heavy atom. The summed E-state index contributed by atoms with van der Waals surface area (Å²) in [6.07, 6.45) is 4.94. The minimum Gasteiger partial charge on any atom is -0.359 e. The molecule has 0 aliphatic heterocycles. The number of fused-ring (bicyclic) bond motifs is 2. The molecule has 2 aromatic carbocycles. The number of aromatic nitrogens is 2. The summed E-state index contributed by atoms with van der Waals surface area (Å²) in [6.45, 7) is 0. The molecule has 99 valence electrons. The van der Waals surface area contributed by atoms with Crippen molar-refractivity contribution in [1.82, 2.24) is 9.36 Å². The Morgan fingerprint density at radius 1 is 0.900 bits per heavy atom. The topological polar surface area (TPSA) is 25.8 Å². The van der Waals surface area contributed by atoms with E-state index in [4.69, 9.17) is 0 Å². The van der Waals surface area contributed by atoms with E-state index in [1.54, 1.807) is 0 Å². The Balaban J connectivity index is 0.00000121. The quantitative estimate of drug-likeness (QED) is 0.402. The van der Waals surface area contributed by atoms with Gasteiger partial charge in [-0.05, 0) is 35.4 Å². The van der Waals surface area contributed by atoms with Crippen molar-refractivity contribution in [2.75, 3.05) is 0 Å². The van der Waals surface area contributed by atoms with Gasteiger partial charge in [0.2, 0.25) is 0 Å². The van der Waals surface area contributed by atoms with E-state index in [1.807, 2.05) is 30.5 Å². The van der Waals surface area contributed by atoms with Crippen molar-refractivity contribution in [3.63, 3.8) is 0 Å². The van der Waals surface area contributed by atoms with Crippen LogP contribution in [0.2, 0.25) is 0 Å². The summed E-state index contributed by atoms with van der Waals surface area (Å²) in [5.74, 6) is 0. The average molecular weight is 454 g/mol. The molecule has 0 aliphatic carbocycles. The molecule has 0 saturated heterocycles. The largest absolute Gasteiger partial charge is 0.359 e. The van der Waals surface area contributed by atoms with Crippen LogP contribution in [-0.2, 0) is 20.1 Å². The van der Waals surface area contributed by atoms with Crippen molar-refractivity contribution in [3.8, 4) is 11.3 Å². The Hall–Kier alpha value is -1.61. The van der Waals surface area contributed by atoms with Crippen molar-refractivity contribution >= 4 is 32.4 Å². The van der Waals surface area contributed by atoms with Crippen molar-refractivity contribution in [1.29, 1.82) is 0 Å². The molecule has 0 N–H and O–H groups in total. The predicted molar refractivity (Wildman–Crippen MR) is 79.2 cm³/mol. The molecule has 1 radical (unpaired) electrons. The van der Waals surface area contributed by atoms with Crippen molar-refractivity contribution in [2.45, 2.75) is 0 Å². The van der Waals surface area contributed by atoms with Crippen molar-refractivity contribution in [2.24, 2.45) is 0 Å². The third-order valence-corrected chi connectivity index (χ3v) is 4.05. The number of hydrogen-bond acceptors (Lipinski definition) is 3. The van der Waals surface area contributed by atoms with Gasteiger partial charge in [0, 0.05) is 30.5 Å². The molecular weight excluding hydrogens is 444 g/mol. The second kappa shape index (κ2) is 5.41. The third kappa shape index (κ3) is 2.06. The molecule has 0 saturated carbocycles. The fourth-order valence-electron chi connectivity index (χ4n) is 2.31. The van der Waals surface area contributed by atoms with Gasteiger partial charge in [-0.25, -0.2) is 4.37 Å². The molecule has 2 heterocycles. The zero-order valence-electron chi connectivity index (χ0n) is 10.3. The summed E-state index contributed by atoms with van der Waals surface area (Å²) in [5.41, 5.74) is 1.96. The van der Waals surface area contributed by atoms with E-state index in [1.165, 1.54) is 21.6 Å². The first kappa shape index (κ1) is 13.4. The van der Waals surface area contributed by atoms with Crippen LogP contribution in [0.25, 0.3) is 32.1 Å². The van der Waals surface area contributed by atoms with Crippen LogP contribution < -0.4 is 0 Å². The van der Waals surface area contributed by atoms with E-state index in [0.29, 0.717) is 0 Å². The predicted octanol–water partition coefficient (Wildman–Crippen LogP) is 4.31. The van der Waals surface area contributed by atoms with E-state index < -0.39 is 0 Å². The summed E-state index contributed by atoms with van der Waals surface area (Å²) in [5, 5.41) is 3.43. The molecular formula is C16H9IrN2S-. The molecule has 0 fully saturated rings. The molecule has 0 bridgehead atoms. The van der Waals surface area contributed by atoms with Crippen LogP contribution >= 0.6 is 11.5 Å². The summed E-state index contributed by atoms with van der Waals surface area (Å²) < 4.78 is 5.78. The maximum absolute atomic E-state index is 4.59. The summed E-state index contributed by atoms with van der Waals surface area (Å²) in [7, 11) is 0. The second-order valence-electron chi connectivity index (χ2n) is 4.36. The Labute approximate surface area is 134 Å². The van der Waals surface area contributed by atoms with Gasteiger partial charge in [-0.3, -0.25) is 0 Å². The number of pyridine rings is 1. The van der Waals surface area contributed by atoms with Gasteiger partial charge in [-0.15, -0.1) is 0 Å². The van der Waals surface area contributed by atoms with Gasteiger partial charge >= 0.3 is 0 Å². The van der Waals surface area contributed by atoms with Gasteiger partial charge < -0.3 is 4.98 Å². The first-order chi connectivity index (χ1) is 9.43. The Morgan fingerprint density at radius 3 is 2.55 bits per heavy atom. The standard InChI is InChI=1S/C16H9N2S.Ir/c1-2-6-12-11(5-1)9-17-10-14(12)16-13-7-3-4-8-15(13)19-18-16;/h1-9H;/q-1;. The summed E-state index contributed by atoms with van der Waals surface area (Å²) >= 11 is 1.52. The van der Waals surface area contributed by atoms with Crippen LogP contribution in [0.5, 0.6) is 0 Å². The summed E-state index contributed by atoms with van der Waals surface area (Å²) in [4.78, 5) is 4.22. The molecule has 0 atom stereocenters. The van der Waals surface area contributed by atoms with Crippen molar-refractivity contribution in [3.05, 3.63) is 60.9 Å². The Bertz CT molecular complexity index is 880. The Kier molecular flexibility index (Phi) is 3.62. The third-order valence-electron chi connectivity index (χ3n) is 3.22. The number of rotatable bonds is 1. The van der Waals surface area contributed by atoms with Gasteiger partial charge in [0.05, 0.1) is 0 Å². The van der Waals surface area contributed by atoms with Gasteiger partial charge in [-0.2, -0.15) is 0 Å². The van der Waals surface area contributed by atoms with Gasteiger partial charge in [0.25, 0.3) is 0 Å². The maximum atomic E-state index is 4.59. The fourth-order valence-corrected chi connectivity index (χ4v) is 3.09. The summed E-state index contributed by atoms with van der Waals surface area (Å²) in [6, 6.07) is 16.5. The first-order valence-corrected chi connectivity index (χ1v) is 6.81. The second-order valence-corrected chi connectivity index (χ2v) is 5.16. The molecule has 0 spiro atoms. The number of hydrogen-bond donors (Lipinski definition) is 0. The van der Waals surface area contributed by atoms with E-state index in [-0.39, 0.29) is 20.1 Å². The van der Waals surface area contributed by atoms with Crippen molar-refractivity contribution < 1.29 is 20.1 Å². The zero-order valence-corrected chi connectivity index (χ0v) is 13.5. The zero-order chi connectivity index (χ0) is 12.7. The van der Waals surface area contributed by atoms with Gasteiger partial charge in [-0.1, -0.05) is 58.8 Å². The molecule has 20 heavy (non-hydrogen) atoms. The van der Waals surface area contributed by atoms with Gasteiger partial charge in [0.1, 0.15) is 0 Å². The monoisotopic (exact) mass is 454 g/mol. The number of nitrogens with zero attached hydrogens (tertiary/aromatic N) is 2. The van der Waals surface area contributed by atoms with Gasteiger partial charge in [0.15, 0.2) is 0 Å². The smallest absolute Gasteiger partial charge is 0.0454 e. The molecule has 0 aliphatic rings. The van der Waals surface area contributed by atoms with E-state index in [2.05, 4.69) is 39.8 Å². The maximum Gasteiger partial charge on any atom is 0.0454 e. The van der Waals surface area contributed by atoms with Crippen LogP contribution in [0.1, 0.15) is 0 Å². The van der Waals surface area contributed by atoms with Crippen LogP contribution in [-0.4, -0.2) is 9.36 Å². The normalized spacial score (nSPS) is 10.6. The minimum atomic E-state index is 0. The molecule has 4 rings (SSSR count). The first-order valence-electron chi connectivity index (χ1n) is 6.04. The van der Waals surface area contributed by atoms with Crippen LogP contribution in [0.15, 0.2) is 54.7 Å². The van der Waals surface area contributed by atoms with Crippen LogP contribution in [0, 0.1) is 6.20 Å². The minimum absolute atomic E-state index is 0. The van der Waals surface area contributed by atoms with E-state index in [0.717, 1.165) is 22.0 Å². The van der Waals surface area contributed by atoms with Crippen LogP contribution in [0.4, 0.5) is 0 Å².